The van der Waals surface area contributed by atoms with Gasteiger partial charge in [-0.25, -0.2) is 0 Å². The molecule has 1 aromatic carbocycles. The van der Waals surface area contributed by atoms with E-state index in [2.05, 4.69) is 44.4 Å². The highest BCUT2D eigenvalue weighted by molar-refractivity contribution is 9.10. The van der Waals surface area contributed by atoms with E-state index < -0.39 is 0 Å². The Bertz CT molecular complexity index is 620. The molecule has 3 N–H and O–H groups in total. The molecule has 1 heterocycles. The summed E-state index contributed by atoms with van der Waals surface area (Å²) in [5, 5.41) is 9.92. The number of amidine groups is 1. The van der Waals surface area contributed by atoms with Gasteiger partial charge >= 0.3 is 0 Å². The molecule has 0 aliphatic heterocycles. The minimum Gasteiger partial charge on any atom is -0.384 e. The van der Waals surface area contributed by atoms with Gasteiger partial charge in [-0.1, -0.05) is 22.0 Å². The van der Waals surface area contributed by atoms with E-state index in [4.69, 9.17) is 11.1 Å². The van der Waals surface area contributed by atoms with Crippen molar-refractivity contribution < 1.29 is 0 Å². The van der Waals surface area contributed by atoms with E-state index in [1.165, 1.54) is 17.7 Å². The minimum atomic E-state index is 0.123. The Morgan fingerprint density at radius 2 is 2.20 bits per heavy atom. The van der Waals surface area contributed by atoms with Gasteiger partial charge in [-0.05, 0) is 42.5 Å². The Hall–Kier alpha value is -1.33. The first-order valence-electron chi connectivity index (χ1n) is 6.58. The second-order valence-corrected chi connectivity index (χ2v) is 6.96. The van der Waals surface area contributed by atoms with Crippen molar-refractivity contribution in [3.63, 3.8) is 0 Å². The van der Waals surface area contributed by atoms with Crippen LogP contribution < -0.4 is 10.6 Å². The highest BCUT2D eigenvalue weighted by Crippen LogP contribution is 2.36. The van der Waals surface area contributed by atoms with Crippen molar-refractivity contribution >= 4 is 38.8 Å². The lowest BCUT2D eigenvalue weighted by Gasteiger charge is -2.26. The van der Waals surface area contributed by atoms with Crippen LogP contribution in [0.3, 0.4) is 0 Å². The molecule has 0 saturated heterocycles. The zero-order chi connectivity index (χ0) is 14.1. The first-order chi connectivity index (χ1) is 9.65. The molecular formula is C15H16BrN3S. The summed E-state index contributed by atoms with van der Waals surface area (Å²) in [6, 6.07) is 10.8. The van der Waals surface area contributed by atoms with E-state index in [-0.39, 0.29) is 5.84 Å². The molecule has 0 unspecified atom stereocenters. The van der Waals surface area contributed by atoms with Crippen LogP contribution in [0.5, 0.6) is 0 Å². The number of rotatable bonds is 5. The summed E-state index contributed by atoms with van der Waals surface area (Å²) in [5.41, 5.74) is 7.63. The predicted octanol–water partition coefficient (Wildman–Crippen LogP) is 3.96. The van der Waals surface area contributed by atoms with Crippen LogP contribution in [-0.2, 0) is 6.54 Å². The van der Waals surface area contributed by atoms with Crippen LogP contribution >= 0.6 is 27.3 Å². The van der Waals surface area contributed by atoms with E-state index in [9.17, 15) is 0 Å². The number of hydrogen-bond acceptors (Lipinski definition) is 3. The van der Waals surface area contributed by atoms with E-state index in [1.807, 2.05) is 12.1 Å². The number of thiophene rings is 1. The van der Waals surface area contributed by atoms with E-state index in [0.29, 0.717) is 6.04 Å². The topological polar surface area (TPSA) is 53.1 Å². The van der Waals surface area contributed by atoms with Crippen molar-refractivity contribution in [1.29, 1.82) is 5.41 Å². The fourth-order valence-electron chi connectivity index (χ4n) is 2.34. The third-order valence-corrected chi connectivity index (χ3v) is 4.81. The monoisotopic (exact) mass is 349 g/mol. The Balaban J connectivity index is 1.97. The maximum Gasteiger partial charge on any atom is 0.124 e. The van der Waals surface area contributed by atoms with Gasteiger partial charge in [0.15, 0.2) is 0 Å². The maximum absolute atomic E-state index is 7.81. The van der Waals surface area contributed by atoms with Gasteiger partial charge in [0, 0.05) is 26.6 Å². The molecule has 0 amide bonds. The lowest BCUT2D eigenvalue weighted by atomic mass is 10.1. The number of anilines is 1. The smallest absolute Gasteiger partial charge is 0.124 e. The molecule has 3 rings (SSSR count). The fourth-order valence-corrected chi connectivity index (χ4v) is 3.41. The van der Waals surface area contributed by atoms with Crippen molar-refractivity contribution in [1.82, 2.24) is 0 Å². The average molecular weight is 350 g/mol. The van der Waals surface area contributed by atoms with Crippen molar-refractivity contribution in [3.05, 3.63) is 50.6 Å². The zero-order valence-corrected chi connectivity index (χ0v) is 13.4. The summed E-state index contributed by atoms with van der Waals surface area (Å²) in [7, 11) is 0. The van der Waals surface area contributed by atoms with Crippen LogP contribution in [0.2, 0.25) is 0 Å². The van der Waals surface area contributed by atoms with Gasteiger partial charge in [0.25, 0.3) is 0 Å². The molecule has 0 radical (unpaired) electrons. The molecule has 0 bridgehead atoms. The quantitative estimate of drug-likeness (QED) is 0.633. The van der Waals surface area contributed by atoms with E-state index in [0.717, 1.165) is 22.3 Å². The highest BCUT2D eigenvalue weighted by Gasteiger charge is 2.31. The normalized spacial score (nSPS) is 14.2. The lowest BCUT2D eigenvalue weighted by Crippen LogP contribution is -2.27. The Kier molecular flexibility index (Phi) is 3.81. The number of halogens is 1. The number of nitrogens with zero attached hydrogens (tertiary/aromatic N) is 1. The van der Waals surface area contributed by atoms with Gasteiger partial charge in [-0.3, -0.25) is 5.41 Å². The molecule has 0 spiro atoms. The number of benzene rings is 1. The molecule has 2 aromatic rings. The van der Waals surface area contributed by atoms with E-state index in [1.54, 1.807) is 11.3 Å². The summed E-state index contributed by atoms with van der Waals surface area (Å²) in [4.78, 5) is 3.73. The van der Waals surface area contributed by atoms with Crippen LogP contribution in [0.15, 0.2) is 40.2 Å². The summed E-state index contributed by atoms with van der Waals surface area (Å²) >= 11 is 5.23. The van der Waals surface area contributed by atoms with Crippen LogP contribution in [0.4, 0.5) is 5.69 Å². The van der Waals surface area contributed by atoms with Crippen LogP contribution in [0.1, 0.15) is 23.3 Å². The fraction of sp³-hybridized carbons (Fsp3) is 0.267. The largest absolute Gasteiger partial charge is 0.384 e. The first kappa shape index (κ1) is 13.6. The molecule has 20 heavy (non-hydrogen) atoms. The van der Waals surface area contributed by atoms with E-state index >= 15 is 0 Å². The first-order valence-corrected chi connectivity index (χ1v) is 8.25. The third-order valence-electron chi connectivity index (χ3n) is 3.45. The Morgan fingerprint density at radius 1 is 1.40 bits per heavy atom. The predicted molar refractivity (Wildman–Crippen MR) is 88.7 cm³/mol. The van der Waals surface area contributed by atoms with Crippen molar-refractivity contribution in [2.75, 3.05) is 4.90 Å². The Morgan fingerprint density at radius 3 is 2.80 bits per heavy atom. The molecule has 1 saturated carbocycles. The molecule has 1 aliphatic carbocycles. The van der Waals surface area contributed by atoms with Crippen LogP contribution in [0, 0.1) is 5.41 Å². The van der Waals surface area contributed by atoms with Gasteiger partial charge in [0.1, 0.15) is 5.84 Å². The number of nitrogens with two attached hydrogens (primary N) is 1. The lowest BCUT2D eigenvalue weighted by molar-refractivity contribution is 0.802. The van der Waals surface area contributed by atoms with Gasteiger partial charge in [0.05, 0.1) is 6.54 Å². The SMILES string of the molecule is N=C(N)c1cc(Br)ccc1N(Cc1cccs1)C1CC1. The van der Waals surface area contributed by atoms with Crippen LogP contribution in [0.25, 0.3) is 0 Å². The maximum atomic E-state index is 7.81. The molecular weight excluding hydrogens is 334 g/mol. The zero-order valence-electron chi connectivity index (χ0n) is 11.0. The second kappa shape index (κ2) is 5.58. The molecule has 1 aromatic heterocycles. The van der Waals surface area contributed by atoms with Crippen molar-refractivity contribution in [3.8, 4) is 0 Å². The third kappa shape index (κ3) is 2.88. The summed E-state index contributed by atoms with van der Waals surface area (Å²) in [6.07, 6.45) is 2.44. The highest BCUT2D eigenvalue weighted by atomic mass is 79.9. The molecule has 104 valence electrons. The van der Waals surface area contributed by atoms with Gasteiger partial charge < -0.3 is 10.6 Å². The second-order valence-electron chi connectivity index (χ2n) is 5.01. The summed E-state index contributed by atoms with van der Waals surface area (Å²) < 4.78 is 0.957. The van der Waals surface area contributed by atoms with Crippen molar-refractivity contribution in [2.45, 2.75) is 25.4 Å². The molecule has 1 fully saturated rings. The van der Waals surface area contributed by atoms with Crippen molar-refractivity contribution in [2.24, 2.45) is 5.73 Å². The van der Waals surface area contributed by atoms with Crippen LogP contribution in [-0.4, -0.2) is 11.9 Å². The molecule has 3 nitrogen and oxygen atoms in total. The van der Waals surface area contributed by atoms with Gasteiger partial charge in [0.2, 0.25) is 0 Å². The average Bonchev–Trinajstić information content (AvgIpc) is 3.13. The molecule has 0 atom stereocenters. The standard InChI is InChI=1S/C15H16BrN3S/c16-10-3-6-14(13(8-10)15(17)18)19(11-4-5-11)9-12-2-1-7-20-12/h1-3,6-8,11H,4-5,9H2,(H3,17,18). The summed E-state index contributed by atoms with van der Waals surface area (Å²) in [6.45, 7) is 0.893. The summed E-state index contributed by atoms with van der Waals surface area (Å²) in [5.74, 6) is 0.123. The number of hydrogen-bond donors (Lipinski definition) is 2. The van der Waals surface area contributed by atoms with Gasteiger partial charge in [-0.2, -0.15) is 0 Å². The number of nitrogen functional groups attached to an aromatic ring is 1. The Labute approximate surface area is 131 Å². The van der Waals surface area contributed by atoms with Gasteiger partial charge in [-0.15, -0.1) is 11.3 Å². The molecule has 1 aliphatic rings. The number of nitrogens with one attached hydrogen (secondary N) is 1. The minimum absolute atomic E-state index is 0.123. The molecule has 5 heteroatoms.